The molecule has 2 N–H and O–H groups in total. The minimum absolute atomic E-state index is 0. The van der Waals surface area contributed by atoms with Crippen LogP contribution in [0.3, 0.4) is 0 Å². The summed E-state index contributed by atoms with van der Waals surface area (Å²) in [5, 5.41) is 6.71. The summed E-state index contributed by atoms with van der Waals surface area (Å²) in [4.78, 5) is 18.8. The van der Waals surface area contributed by atoms with E-state index in [0.717, 1.165) is 63.3 Å². The highest BCUT2D eigenvalue weighted by Gasteiger charge is 2.44. The zero-order chi connectivity index (χ0) is 20.0. The van der Waals surface area contributed by atoms with Crippen LogP contribution in [0.5, 0.6) is 0 Å². The Morgan fingerprint density at radius 1 is 1.31 bits per heavy atom. The Hall–Kier alpha value is -1.38. The van der Waals surface area contributed by atoms with Crippen molar-refractivity contribution in [3.63, 3.8) is 0 Å². The maximum atomic E-state index is 13.6. The predicted octanol–water partition coefficient (Wildman–Crippen LogP) is 3.82. The van der Waals surface area contributed by atoms with Gasteiger partial charge in [0, 0.05) is 37.5 Å². The molecule has 29 heavy (non-hydrogen) atoms. The standard InChI is InChI=1S/C22H33FN4O.HI/c1-3-19(27-14-6-9-20(27)28)10-13-25-21(24-4-2)26-16-22(11-12-22)17-7-5-8-18(23)15-17;/h5,7-8,15,19H,3-4,6,9-14,16H2,1-2H3,(H2,24,25,26);1H. The van der Waals surface area contributed by atoms with E-state index in [2.05, 4.69) is 24.5 Å². The van der Waals surface area contributed by atoms with Gasteiger partial charge in [-0.1, -0.05) is 19.1 Å². The molecule has 0 radical (unpaired) electrons. The highest BCUT2D eigenvalue weighted by molar-refractivity contribution is 14.0. The lowest BCUT2D eigenvalue weighted by Gasteiger charge is -2.27. The monoisotopic (exact) mass is 516 g/mol. The van der Waals surface area contributed by atoms with Gasteiger partial charge in [-0.2, -0.15) is 0 Å². The van der Waals surface area contributed by atoms with Gasteiger partial charge >= 0.3 is 0 Å². The minimum atomic E-state index is -0.181. The Labute approximate surface area is 190 Å². The Bertz CT molecular complexity index is 708. The average molecular weight is 516 g/mol. The largest absolute Gasteiger partial charge is 0.357 e. The lowest BCUT2D eigenvalue weighted by atomic mass is 9.96. The van der Waals surface area contributed by atoms with Crippen molar-refractivity contribution in [2.45, 2.75) is 63.8 Å². The number of carbonyl (C=O) groups is 1. The van der Waals surface area contributed by atoms with Crippen LogP contribution >= 0.6 is 24.0 Å². The van der Waals surface area contributed by atoms with Crippen LogP contribution in [0.1, 0.15) is 57.9 Å². The van der Waals surface area contributed by atoms with E-state index in [1.54, 1.807) is 12.1 Å². The number of aliphatic imine (C=N–C) groups is 1. The first kappa shape index (κ1) is 23.9. The zero-order valence-corrected chi connectivity index (χ0v) is 19.9. The van der Waals surface area contributed by atoms with E-state index in [1.165, 1.54) is 6.07 Å². The van der Waals surface area contributed by atoms with Crippen LogP contribution in [0.25, 0.3) is 0 Å². The first-order chi connectivity index (χ1) is 13.6. The van der Waals surface area contributed by atoms with Crippen LogP contribution in [0.4, 0.5) is 4.39 Å². The fourth-order valence-corrected chi connectivity index (χ4v) is 4.07. The number of nitrogens with zero attached hydrogens (tertiary/aromatic N) is 2. The number of amides is 1. The van der Waals surface area contributed by atoms with E-state index >= 15 is 0 Å². The molecule has 1 atom stereocenters. The molecule has 1 aromatic carbocycles. The number of carbonyl (C=O) groups excluding carboxylic acids is 1. The van der Waals surface area contributed by atoms with E-state index in [9.17, 15) is 9.18 Å². The number of halogens is 2. The molecule has 3 rings (SSSR count). The van der Waals surface area contributed by atoms with Gasteiger partial charge in [0.2, 0.25) is 5.91 Å². The van der Waals surface area contributed by atoms with Crippen molar-refractivity contribution in [2.75, 3.05) is 26.2 Å². The summed E-state index contributed by atoms with van der Waals surface area (Å²) in [5.74, 6) is 0.908. The molecule has 2 fully saturated rings. The fourth-order valence-electron chi connectivity index (χ4n) is 4.07. The molecule has 1 heterocycles. The molecule has 1 aromatic rings. The quantitative estimate of drug-likeness (QED) is 0.298. The van der Waals surface area contributed by atoms with E-state index < -0.39 is 0 Å². The fraction of sp³-hybridized carbons (Fsp3) is 0.636. The lowest BCUT2D eigenvalue weighted by molar-refractivity contribution is -0.129. The van der Waals surface area contributed by atoms with Crippen LogP contribution in [-0.4, -0.2) is 49.0 Å². The molecule has 5 nitrogen and oxygen atoms in total. The van der Waals surface area contributed by atoms with Gasteiger partial charge in [0.25, 0.3) is 0 Å². The molecule has 0 aromatic heterocycles. The molecule has 162 valence electrons. The highest BCUT2D eigenvalue weighted by atomic mass is 127. The van der Waals surface area contributed by atoms with Crippen molar-refractivity contribution < 1.29 is 9.18 Å². The molecular formula is C22H34FIN4O. The van der Waals surface area contributed by atoms with Crippen LogP contribution in [0, 0.1) is 5.82 Å². The van der Waals surface area contributed by atoms with Crippen molar-refractivity contribution in [2.24, 2.45) is 4.99 Å². The first-order valence-electron chi connectivity index (χ1n) is 10.7. The summed E-state index contributed by atoms with van der Waals surface area (Å²) in [6.07, 6.45) is 5.67. The number of benzene rings is 1. The molecule has 1 aliphatic carbocycles. The number of likely N-dealkylation sites (tertiary alicyclic amines) is 1. The first-order valence-corrected chi connectivity index (χ1v) is 10.7. The van der Waals surface area contributed by atoms with Crippen LogP contribution in [-0.2, 0) is 10.2 Å². The number of guanidine groups is 1. The lowest BCUT2D eigenvalue weighted by Crippen LogP contribution is -2.42. The molecule has 1 aliphatic heterocycles. The van der Waals surface area contributed by atoms with Crippen molar-refractivity contribution in [3.8, 4) is 0 Å². The third kappa shape index (κ3) is 6.30. The summed E-state index contributed by atoms with van der Waals surface area (Å²) < 4.78 is 13.6. The van der Waals surface area contributed by atoms with Crippen molar-refractivity contribution >= 4 is 35.8 Å². The highest BCUT2D eigenvalue weighted by Crippen LogP contribution is 2.48. The maximum Gasteiger partial charge on any atom is 0.222 e. The summed E-state index contributed by atoms with van der Waals surface area (Å²) in [5.41, 5.74) is 1.03. The molecule has 1 saturated heterocycles. The van der Waals surface area contributed by atoms with Gasteiger partial charge in [0.1, 0.15) is 5.82 Å². The van der Waals surface area contributed by atoms with E-state index in [1.807, 2.05) is 11.0 Å². The van der Waals surface area contributed by atoms with Gasteiger partial charge in [-0.15, -0.1) is 24.0 Å². The summed E-state index contributed by atoms with van der Waals surface area (Å²) in [6.45, 7) is 7.32. The minimum Gasteiger partial charge on any atom is -0.357 e. The predicted molar refractivity (Wildman–Crippen MR) is 126 cm³/mol. The maximum absolute atomic E-state index is 13.6. The molecule has 0 bridgehead atoms. The summed E-state index contributed by atoms with van der Waals surface area (Å²) in [6, 6.07) is 7.21. The Morgan fingerprint density at radius 2 is 2.10 bits per heavy atom. The van der Waals surface area contributed by atoms with E-state index in [-0.39, 0.29) is 41.1 Å². The molecule has 2 aliphatic rings. The van der Waals surface area contributed by atoms with Crippen LogP contribution in [0.2, 0.25) is 0 Å². The van der Waals surface area contributed by atoms with Crippen LogP contribution < -0.4 is 10.6 Å². The van der Waals surface area contributed by atoms with Crippen molar-refractivity contribution in [1.29, 1.82) is 0 Å². The summed E-state index contributed by atoms with van der Waals surface area (Å²) >= 11 is 0. The van der Waals surface area contributed by atoms with E-state index in [0.29, 0.717) is 19.0 Å². The Morgan fingerprint density at radius 3 is 2.69 bits per heavy atom. The second-order valence-electron chi connectivity index (χ2n) is 7.95. The average Bonchev–Trinajstić information content (AvgIpc) is 3.37. The molecular weight excluding hydrogens is 482 g/mol. The molecule has 1 saturated carbocycles. The van der Waals surface area contributed by atoms with Crippen LogP contribution in [0.15, 0.2) is 29.3 Å². The number of nitrogens with one attached hydrogen (secondary N) is 2. The Kier molecular flexibility index (Phi) is 9.17. The third-order valence-electron chi connectivity index (χ3n) is 5.97. The number of rotatable bonds is 9. The third-order valence-corrected chi connectivity index (χ3v) is 5.97. The van der Waals surface area contributed by atoms with Crippen molar-refractivity contribution in [3.05, 3.63) is 35.6 Å². The van der Waals surface area contributed by atoms with Gasteiger partial charge in [0.15, 0.2) is 5.96 Å². The zero-order valence-electron chi connectivity index (χ0n) is 17.5. The summed E-state index contributed by atoms with van der Waals surface area (Å²) in [7, 11) is 0. The smallest absolute Gasteiger partial charge is 0.222 e. The molecule has 1 unspecified atom stereocenters. The Balaban J connectivity index is 0.00000300. The van der Waals surface area contributed by atoms with E-state index in [4.69, 9.17) is 4.99 Å². The van der Waals surface area contributed by atoms with Gasteiger partial charge in [-0.05, 0) is 56.7 Å². The van der Waals surface area contributed by atoms with Gasteiger partial charge in [-0.3, -0.25) is 9.79 Å². The second-order valence-corrected chi connectivity index (χ2v) is 7.95. The number of hydrogen-bond donors (Lipinski definition) is 2. The normalized spacial score (nSPS) is 18.9. The van der Waals surface area contributed by atoms with Crippen molar-refractivity contribution in [1.82, 2.24) is 15.5 Å². The van der Waals surface area contributed by atoms with Gasteiger partial charge < -0.3 is 15.5 Å². The second kappa shape index (κ2) is 11.1. The number of hydrogen-bond acceptors (Lipinski definition) is 2. The molecule has 1 amide bonds. The van der Waals surface area contributed by atoms with Gasteiger partial charge in [-0.25, -0.2) is 4.39 Å². The molecule has 0 spiro atoms. The topological polar surface area (TPSA) is 56.7 Å². The SMILES string of the molecule is CCNC(=NCC1(c2cccc(F)c2)CC1)NCCC(CC)N1CCCC1=O.I. The van der Waals surface area contributed by atoms with Gasteiger partial charge in [0.05, 0.1) is 6.54 Å². The molecule has 7 heteroatoms.